The highest BCUT2D eigenvalue weighted by Crippen LogP contribution is 2.17. The Kier molecular flexibility index (Phi) is 6.44. The first-order valence-corrected chi connectivity index (χ1v) is 7.92. The van der Waals surface area contributed by atoms with Gasteiger partial charge in [-0.25, -0.2) is 4.79 Å². The second kappa shape index (κ2) is 8.97. The Morgan fingerprint density at radius 1 is 1.11 bits per heavy atom. The minimum atomic E-state index is -0.652. The lowest BCUT2D eigenvalue weighted by atomic mass is 10.1. The number of methoxy groups -OCH3 is 1. The molecule has 0 saturated carbocycles. The van der Waals surface area contributed by atoms with Gasteiger partial charge in [0.15, 0.2) is 5.78 Å². The predicted molar refractivity (Wildman–Crippen MR) is 100 cm³/mol. The molecule has 0 heterocycles. The standard InChI is InChI=1S/C20H17N3O4/c1-13(24)14-6-5-7-16(10-14)23-19(25)15(11-21)12-22-18-9-4-3-8-17(18)20(26)27-2/h3-10,12,22H,1-2H3,(H,23,25)/b15-12-. The molecule has 2 aromatic rings. The fourth-order valence-electron chi connectivity index (χ4n) is 2.21. The number of hydrogen-bond donors (Lipinski definition) is 2. The molecular formula is C20H17N3O4. The van der Waals surface area contributed by atoms with Crippen molar-refractivity contribution in [2.24, 2.45) is 0 Å². The Bertz CT molecular complexity index is 958. The fourth-order valence-corrected chi connectivity index (χ4v) is 2.21. The molecule has 1 amide bonds. The Hall–Kier alpha value is -3.92. The van der Waals surface area contributed by atoms with Crippen LogP contribution in [-0.4, -0.2) is 24.8 Å². The number of ketones is 1. The Balaban J connectivity index is 2.18. The lowest BCUT2D eigenvalue weighted by Crippen LogP contribution is -2.15. The lowest BCUT2D eigenvalue weighted by molar-refractivity contribution is -0.112. The number of ether oxygens (including phenoxy) is 1. The maximum Gasteiger partial charge on any atom is 0.339 e. The maximum absolute atomic E-state index is 12.3. The zero-order valence-corrected chi connectivity index (χ0v) is 14.8. The molecule has 0 saturated heterocycles. The Morgan fingerprint density at radius 3 is 2.52 bits per heavy atom. The molecule has 27 heavy (non-hydrogen) atoms. The third kappa shape index (κ3) is 5.03. The molecule has 0 radical (unpaired) electrons. The van der Waals surface area contributed by atoms with Gasteiger partial charge in [0.05, 0.1) is 18.4 Å². The molecule has 0 unspecified atom stereocenters. The van der Waals surface area contributed by atoms with Crippen molar-refractivity contribution >= 4 is 29.0 Å². The van der Waals surface area contributed by atoms with Crippen LogP contribution in [0, 0.1) is 11.3 Å². The van der Waals surface area contributed by atoms with Gasteiger partial charge in [0.2, 0.25) is 0 Å². The maximum atomic E-state index is 12.3. The van der Waals surface area contributed by atoms with Crippen molar-refractivity contribution in [1.29, 1.82) is 5.26 Å². The third-order valence-corrected chi connectivity index (χ3v) is 3.60. The van der Waals surface area contributed by atoms with E-state index in [0.717, 1.165) is 0 Å². The largest absolute Gasteiger partial charge is 0.465 e. The van der Waals surface area contributed by atoms with Gasteiger partial charge in [-0.1, -0.05) is 24.3 Å². The molecule has 2 aromatic carbocycles. The minimum absolute atomic E-state index is 0.136. The number of hydrogen-bond acceptors (Lipinski definition) is 6. The SMILES string of the molecule is COC(=O)c1ccccc1N/C=C(/C#N)C(=O)Nc1cccc(C(C)=O)c1. The van der Waals surface area contributed by atoms with Crippen LogP contribution in [-0.2, 0) is 9.53 Å². The summed E-state index contributed by atoms with van der Waals surface area (Å²) in [5, 5.41) is 14.6. The first-order chi connectivity index (χ1) is 13.0. The molecule has 0 fully saturated rings. The molecule has 0 aliphatic carbocycles. The summed E-state index contributed by atoms with van der Waals surface area (Å²) in [6.07, 6.45) is 1.20. The van der Waals surface area contributed by atoms with E-state index in [1.165, 1.54) is 26.3 Å². The summed E-state index contributed by atoms with van der Waals surface area (Å²) in [4.78, 5) is 35.5. The van der Waals surface area contributed by atoms with Crippen molar-refractivity contribution in [3.8, 4) is 6.07 Å². The quantitative estimate of drug-likeness (QED) is 0.353. The number of rotatable bonds is 6. The van der Waals surface area contributed by atoms with Crippen LogP contribution in [0.3, 0.4) is 0 Å². The predicted octanol–water partition coefficient (Wildman–Crippen LogP) is 3.13. The van der Waals surface area contributed by atoms with Crippen molar-refractivity contribution in [1.82, 2.24) is 0 Å². The highest BCUT2D eigenvalue weighted by Gasteiger charge is 2.13. The molecule has 7 heteroatoms. The lowest BCUT2D eigenvalue weighted by Gasteiger charge is -2.08. The number of nitrogens with one attached hydrogen (secondary N) is 2. The molecule has 0 aliphatic rings. The number of carbonyl (C=O) groups excluding carboxylic acids is 3. The number of amides is 1. The normalized spacial score (nSPS) is 10.5. The highest BCUT2D eigenvalue weighted by atomic mass is 16.5. The van der Waals surface area contributed by atoms with Gasteiger partial charge < -0.3 is 15.4 Å². The summed E-state index contributed by atoms with van der Waals surface area (Å²) in [5.41, 5.74) is 1.29. The van der Waals surface area contributed by atoms with E-state index in [9.17, 15) is 19.6 Å². The number of para-hydroxylation sites is 1. The number of nitrogens with zero attached hydrogens (tertiary/aromatic N) is 1. The summed E-state index contributed by atoms with van der Waals surface area (Å²) in [6.45, 7) is 1.42. The second-order valence-electron chi connectivity index (χ2n) is 5.44. The Labute approximate surface area is 156 Å². The van der Waals surface area contributed by atoms with Crippen LogP contribution in [0.4, 0.5) is 11.4 Å². The zero-order valence-electron chi connectivity index (χ0n) is 14.8. The smallest absolute Gasteiger partial charge is 0.339 e. The molecule has 0 spiro atoms. The van der Waals surface area contributed by atoms with Gasteiger partial charge in [0.25, 0.3) is 5.91 Å². The van der Waals surface area contributed by atoms with Crippen molar-refractivity contribution in [3.05, 3.63) is 71.4 Å². The van der Waals surface area contributed by atoms with E-state index >= 15 is 0 Å². The van der Waals surface area contributed by atoms with Crippen molar-refractivity contribution in [3.63, 3.8) is 0 Å². The summed E-state index contributed by atoms with van der Waals surface area (Å²) >= 11 is 0. The summed E-state index contributed by atoms with van der Waals surface area (Å²) in [5.74, 6) is -1.33. The molecule has 0 aromatic heterocycles. The van der Waals surface area contributed by atoms with Crippen LogP contribution in [0.5, 0.6) is 0 Å². The average molecular weight is 363 g/mol. The summed E-state index contributed by atoms with van der Waals surface area (Å²) in [7, 11) is 1.26. The molecule has 136 valence electrons. The molecule has 0 atom stereocenters. The van der Waals surface area contributed by atoms with E-state index in [1.54, 1.807) is 48.5 Å². The molecule has 2 N–H and O–H groups in total. The van der Waals surface area contributed by atoms with Crippen LogP contribution in [0.1, 0.15) is 27.6 Å². The van der Waals surface area contributed by atoms with Gasteiger partial charge in [0.1, 0.15) is 11.6 Å². The average Bonchev–Trinajstić information content (AvgIpc) is 2.68. The first kappa shape index (κ1) is 19.4. The van der Waals surface area contributed by atoms with E-state index in [-0.39, 0.29) is 16.9 Å². The van der Waals surface area contributed by atoms with Crippen LogP contribution >= 0.6 is 0 Å². The van der Waals surface area contributed by atoms with Gasteiger partial charge in [-0.15, -0.1) is 0 Å². The zero-order chi connectivity index (χ0) is 19.8. The summed E-state index contributed by atoms with van der Waals surface area (Å²) in [6, 6.07) is 14.7. The van der Waals surface area contributed by atoms with Gasteiger partial charge in [0, 0.05) is 17.5 Å². The van der Waals surface area contributed by atoms with Crippen LogP contribution in [0.15, 0.2) is 60.3 Å². The van der Waals surface area contributed by atoms with E-state index in [4.69, 9.17) is 4.74 Å². The number of anilines is 2. The molecular weight excluding hydrogens is 346 g/mol. The molecule has 0 aliphatic heterocycles. The topological polar surface area (TPSA) is 108 Å². The highest BCUT2D eigenvalue weighted by molar-refractivity contribution is 6.07. The number of benzene rings is 2. The van der Waals surface area contributed by atoms with Crippen molar-refractivity contribution < 1.29 is 19.1 Å². The summed E-state index contributed by atoms with van der Waals surface area (Å²) < 4.78 is 4.70. The third-order valence-electron chi connectivity index (χ3n) is 3.60. The number of esters is 1. The van der Waals surface area contributed by atoms with Crippen molar-refractivity contribution in [2.45, 2.75) is 6.92 Å². The number of nitriles is 1. The molecule has 7 nitrogen and oxygen atoms in total. The van der Waals surface area contributed by atoms with E-state index in [1.807, 2.05) is 0 Å². The van der Waals surface area contributed by atoms with E-state index < -0.39 is 11.9 Å². The second-order valence-corrected chi connectivity index (χ2v) is 5.44. The first-order valence-electron chi connectivity index (χ1n) is 7.92. The van der Waals surface area contributed by atoms with Crippen molar-refractivity contribution in [2.75, 3.05) is 17.7 Å². The molecule has 0 bridgehead atoms. The van der Waals surface area contributed by atoms with Gasteiger partial charge in [-0.2, -0.15) is 5.26 Å². The van der Waals surface area contributed by atoms with E-state index in [2.05, 4.69) is 10.6 Å². The Morgan fingerprint density at radius 2 is 1.85 bits per heavy atom. The van der Waals surface area contributed by atoms with Crippen LogP contribution in [0.2, 0.25) is 0 Å². The van der Waals surface area contributed by atoms with Crippen LogP contribution < -0.4 is 10.6 Å². The van der Waals surface area contributed by atoms with Gasteiger partial charge >= 0.3 is 5.97 Å². The minimum Gasteiger partial charge on any atom is -0.465 e. The molecule has 2 rings (SSSR count). The van der Waals surface area contributed by atoms with Gasteiger partial charge in [-0.05, 0) is 31.2 Å². The van der Waals surface area contributed by atoms with Crippen LogP contribution in [0.25, 0.3) is 0 Å². The monoisotopic (exact) mass is 363 g/mol. The number of Topliss-reactive ketones (excluding diaryl/α,β-unsaturated/α-hetero) is 1. The van der Waals surface area contributed by atoms with E-state index in [0.29, 0.717) is 16.9 Å². The van der Waals surface area contributed by atoms with Gasteiger partial charge in [-0.3, -0.25) is 9.59 Å². The fraction of sp³-hybridized carbons (Fsp3) is 0.100. The number of carbonyl (C=O) groups is 3.